The van der Waals surface area contributed by atoms with E-state index in [0.717, 1.165) is 5.69 Å². The number of sulfonamides is 1. The number of H-pyrrole nitrogens is 1. The van der Waals surface area contributed by atoms with Gasteiger partial charge in [0, 0.05) is 49.8 Å². The average molecular weight is 428 g/mol. The van der Waals surface area contributed by atoms with Crippen LogP contribution in [0.2, 0.25) is 0 Å². The Kier molecular flexibility index (Phi) is 5.48. The molecule has 3 heterocycles. The topological polar surface area (TPSA) is 91.3 Å². The van der Waals surface area contributed by atoms with E-state index in [-0.39, 0.29) is 17.3 Å². The Labute approximate surface area is 176 Å². The van der Waals surface area contributed by atoms with Crippen molar-refractivity contribution in [1.29, 1.82) is 0 Å². The van der Waals surface area contributed by atoms with Gasteiger partial charge in [0.25, 0.3) is 5.91 Å². The Bertz CT molecular complexity index is 1110. The molecule has 1 aliphatic rings. The van der Waals surface area contributed by atoms with Gasteiger partial charge in [-0.25, -0.2) is 8.42 Å². The van der Waals surface area contributed by atoms with Gasteiger partial charge < -0.3 is 9.47 Å². The Morgan fingerprint density at radius 3 is 2.33 bits per heavy atom. The van der Waals surface area contributed by atoms with Crippen molar-refractivity contribution in [1.82, 2.24) is 24.0 Å². The van der Waals surface area contributed by atoms with Crippen molar-refractivity contribution in [3.8, 4) is 5.69 Å². The molecule has 0 bridgehead atoms. The molecule has 3 aromatic rings. The molecule has 0 saturated carbocycles. The van der Waals surface area contributed by atoms with Gasteiger partial charge in [-0.15, -0.1) is 0 Å². The SMILES string of the molecule is Cc1n[nH]c(C)c1S(=O)(=O)N1CCCN(C(=O)c2ccc(-n3cccc3)cc2)CC1. The van der Waals surface area contributed by atoms with Crippen LogP contribution in [-0.2, 0) is 10.0 Å². The zero-order chi connectivity index (χ0) is 21.3. The summed E-state index contributed by atoms with van der Waals surface area (Å²) in [7, 11) is -3.65. The van der Waals surface area contributed by atoms with Gasteiger partial charge in [0.1, 0.15) is 4.90 Å². The number of nitrogens with one attached hydrogen (secondary N) is 1. The minimum absolute atomic E-state index is 0.0797. The van der Waals surface area contributed by atoms with Crippen LogP contribution in [0.4, 0.5) is 0 Å². The van der Waals surface area contributed by atoms with Crippen molar-refractivity contribution >= 4 is 15.9 Å². The standard InChI is InChI=1S/C21H25N5O3S/c1-16-20(17(2)23-22-16)30(28,29)26-13-5-12-25(14-15-26)21(27)18-6-8-19(9-7-18)24-10-3-4-11-24/h3-4,6-11H,5,12-15H2,1-2H3,(H,22,23). The molecule has 1 aliphatic heterocycles. The number of hydrogen-bond donors (Lipinski definition) is 1. The highest BCUT2D eigenvalue weighted by Crippen LogP contribution is 2.23. The maximum Gasteiger partial charge on any atom is 0.253 e. The molecule has 4 rings (SSSR count). The molecule has 30 heavy (non-hydrogen) atoms. The normalized spacial score (nSPS) is 15.9. The molecule has 1 N–H and O–H groups in total. The summed E-state index contributed by atoms with van der Waals surface area (Å²) in [5.74, 6) is -0.0797. The zero-order valence-corrected chi connectivity index (χ0v) is 17.9. The van der Waals surface area contributed by atoms with Gasteiger partial charge in [0.05, 0.1) is 11.4 Å². The molecule has 1 fully saturated rings. The first-order chi connectivity index (χ1) is 14.4. The Hall–Kier alpha value is -2.91. The third-order valence-electron chi connectivity index (χ3n) is 5.42. The zero-order valence-electron chi connectivity index (χ0n) is 17.1. The maximum absolute atomic E-state index is 13.1. The van der Waals surface area contributed by atoms with E-state index in [1.807, 2.05) is 53.4 Å². The second-order valence-corrected chi connectivity index (χ2v) is 9.32. The first-order valence-corrected chi connectivity index (χ1v) is 11.4. The molecular formula is C21H25N5O3S. The van der Waals surface area contributed by atoms with Gasteiger partial charge >= 0.3 is 0 Å². The number of rotatable bonds is 4. The summed E-state index contributed by atoms with van der Waals surface area (Å²) in [6, 6.07) is 11.3. The van der Waals surface area contributed by atoms with Crippen molar-refractivity contribution < 1.29 is 13.2 Å². The van der Waals surface area contributed by atoms with Crippen LogP contribution < -0.4 is 0 Å². The Morgan fingerprint density at radius 2 is 1.70 bits per heavy atom. The van der Waals surface area contributed by atoms with E-state index in [1.165, 1.54) is 4.31 Å². The van der Waals surface area contributed by atoms with Crippen LogP contribution in [0.1, 0.15) is 28.2 Å². The van der Waals surface area contributed by atoms with Crippen LogP contribution in [0.15, 0.2) is 53.7 Å². The number of aromatic nitrogens is 3. The summed E-state index contributed by atoms with van der Waals surface area (Å²) in [6.45, 7) is 4.91. The highest BCUT2D eigenvalue weighted by molar-refractivity contribution is 7.89. The van der Waals surface area contributed by atoms with Crippen LogP contribution in [0.5, 0.6) is 0 Å². The van der Waals surface area contributed by atoms with E-state index < -0.39 is 10.0 Å². The van der Waals surface area contributed by atoms with Gasteiger partial charge in [0.2, 0.25) is 10.0 Å². The van der Waals surface area contributed by atoms with Crippen LogP contribution in [0, 0.1) is 13.8 Å². The number of amides is 1. The van der Waals surface area contributed by atoms with E-state index in [4.69, 9.17) is 0 Å². The number of hydrogen-bond acceptors (Lipinski definition) is 4. The van der Waals surface area contributed by atoms with Gasteiger partial charge in [-0.1, -0.05) is 0 Å². The molecule has 1 aromatic carbocycles. The molecule has 0 atom stereocenters. The molecule has 158 valence electrons. The third kappa shape index (κ3) is 3.78. The van der Waals surface area contributed by atoms with E-state index in [9.17, 15) is 13.2 Å². The lowest BCUT2D eigenvalue weighted by Crippen LogP contribution is -2.37. The fraction of sp³-hybridized carbons (Fsp3) is 0.333. The van der Waals surface area contributed by atoms with Crippen molar-refractivity contribution in [2.75, 3.05) is 26.2 Å². The minimum Gasteiger partial charge on any atom is -0.337 e. The lowest BCUT2D eigenvalue weighted by molar-refractivity contribution is 0.0764. The van der Waals surface area contributed by atoms with E-state index in [0.29, 0.717) is 43.0 Å². The van der Waals surface area contributed by atoms with E-state index in [1.54, 1.807) is 18.7 Å². The molecule has 8 nitrogen and oxygen atoms in total. The van der Waals surface area contributed by atoms with E-state index in [2.05, 4.69) is 10.2 Å². The largest absolute Gasteiger partial charge is 0.337 e. The van der Waals surface area contributed by atoms with E-state index >= 15 is 0 Å². The number of aryl methyl sites for hydroxylation is 2. The molecule has 0 spiro atoms. The smallest absolute Gasteiger partial charge is 0.253 e. The van der Waals surface area contributed by atoms with Gasteiger partial charge in [-0.3, -0.25) is 9.89 Å². The summed E-state index contributed by atoms with van der Waals surface area (Å²) in [5, 5.41) is 6.75. The number of carbonyl (C=O) groups excluding carboxylic acids is 1. The fourth-order valence-corrected chi connectivity index (χ4v) is 5.65. The first-order valence-electron chi connectivity index (χ1n) is 9.92. The minimum atomic E-state index is -3.65. The van der Waals surface area contributed by atoms with Crippen molar-refractivity contribution in [3.63, 3.8) is 0 Å². The Balaban J connectivity index is 1.47. The second kappa shape index (κ2) is 8.08. The highest BCUT2D eigenvalue weighted by atomic mass is 32.2. The predicted molar refractivity (Wildman–Crippen MR) is 113 cm³/mol. The summed E-state index contributed by atoms with van der Waals surface area (Å²) in [6.07, 6.45) is 4.48. The summed E-state index contributed by atoms with van der Waals surface area (Å²) in [4.78, 5) is 14.9. The van der Waals surface area contributed by atoms with Gasteiger partial charge in [0.15, 0.2) is 0 Å². The quantitative estimate of drug-likeness (QED) is 0.692. The maximum atomic E-state index is 13.1. The van der Waals surface area contributed by atoms with Gasteiger partial charge in [-0.05, 0) is 56.7 Å². The average Bonchev–Trinajstić information content (AvgIpc) is 3.30. The molecule has 1 amide bonds. The monoisotopic (exact) mass is 427 g/mol. The summed E-state index contributed by atoms with van der Waals surface area (Å²) < 4.78 is 29.6. The third-order valence-corrected chi connectivity index (χ3v) is 7.58. The predicted octanol–water partition coefficient (Wildman–Crippen LogP) is 2.35. The van der Waals surface area contributed by atoms with Crippen molar-refractivity contribution in [3.05, 3.63) is 65.7 Å². The number of aromatic amines is 1. The van der Waals surface area contributed by atoms with Crippen molar-refractivity contribution in [2.45, 2.75) is 25.2 Å². The molecule has 1 saturated heterocycles. The molecular weight excluding hydrogens is 402 g/mol. The lowest BCUT2D eigenvalue weighted by Gasteiger charge is -2.22. The van der Waals surface area contributed by atoms with Crippen LogP contribution >= 0.6 is 0 Å². The van der Waals surface area contributed by atoms with Crippen molar-refractivity contribution in [2.24, 2.45) is 0 Å². The first kappa shape index (κ1) is 20.4. The summed E-state index contributed by atoms with van der Waals surface area (Å²) >= 11 is 0. The van der Waals surface area contributed by atoms with Crippen LogP contribution in [0.25, 0.3) is 5.69 Å². The number of carbonyl (C=O) groups is 1. The lowest BCUT2D eigenvalue weighted by atomic mass is 10.1. The van der Waals surface area contributed by atoms with Gasteiger partial charge in [-0.2, -0.15) is 9.40 Å². The molecule has 2 aromatic heterocycles. The second-order valence-electron chi connectivity index (χ2n) is 7.45. The molecule has 0 radical (unpaired) electrons. The van der Waals surface area contributed by atoms with Crippen LogP contribution in [-0.4, -0.2) is 64.5 Å². The van der Waals surface area contributed by atoms with Crippen LogP contribution in [0.3, 0.4) is 0 Å². The highest BCUT2D eigenvalue weighted by Gasteiger charge is 2.32. The summed E-state index contributed by atoms with van der Waals surface area (Å²) in [5.41, 5.74) is 2.58. The Morgan fingerprint density at radius 1 is 1.00 bits per heavy atom. The fourth-order valence-electron chi connectivity index (χ4n) is 3.85. The number of benzene rings is 1. The molecule has 9 heteroatoms. The molecule has 0 aliphatic carbocycles. The number of nitrogens with zero attached hydrogens (tertiary/aromatic N) is 4. The molecule has 0 unspecified atom stereocenters.